The van der Waals surface area contributed by atoms with Crippen molar-refractivity contribution in [2.45, 2.75) is 62.8 Å². The van der Waals surface area contributed by atoms with E-state index in [0.717, 1.165) is 25.5 Å². The van der Waals surface area contributed by atoms with Crippen LogP contribution in [0.2, 0.25) is 0 Å². The number of nitrogens with one attached hydrogen (secondary N) is 3. The SMILES string of the molecule is COC[C@H]1CCCN1C(=O)CCCC(=O)N[C@@H](Cc1cc(F)cc(F)c1)[C@@H](O)[C@H]1CNCCN1. The molecule has 0 saturated carbocycles. The van der Waals surface area contributed by atoms with Gasteiger partial charge >= 0.3 is 0 Å². The molecule has 4 N–H and O–H groups in total. The molecule has 0 aliphatic carbocycles. The van der Waals surface area contributed by atoms with Gasteiger partial charge in [-0.3, -0.25) is 9.59 Å². The summed E-state index contributed by atoms with van der Waals surface area (Å²) < 4.78 is 32.6. The molecule has 8 nitrogen and oxygen atoms in total. The van der Waals surface area contributed by atoms with Gasteiger partial charge in [-0.25, -0.2) is 8.78 Å². The average Bonchev–Trinajstić information content (AvgIpc) is 3.27. The Morgan fingerprint density at radius 2 is 2.00 bits per heavy atom. The molecule has 190 valence electrons. The maximum atomic E-state index is 13.7. The van der Waals surface area contributed by atoms with Gasteiger partial charge in [0.1, 0.15) is 11.6 Å². The predicted octanol–water partition coefficient (Wildman–Crippen LogP) is 0.722. The Bertz CT molecular complexity index is 802. The molecule has 2 saturated heterocycles. The summed E-state index contributed by atoms with van der Waals surface area (Å²) in [5.41, 5.74) is 0.346. The lowest BCUT2D eigenvalue weighted by molar-refractivity contribution is -0.133. The molecular formula is C24H36F2N4O4. The number of hydrogen-bond donors (Lipinski definition) is 4. The van der Waals surface area contributed by atoms with E-state index in [1.54, 1.807) is 7.11 Å². The molecule has 0 aromatic heterocycles. The fourth-order valence-corrected chi connectivity index (χ4v) is 4.79. The Morgan fingerprint density at radius 3 is 2.68 bits per heavy atom. The number of nitrogens with zero attached hydrogens (tertiary/aromatic N) is 1. The number of aliphatic hydroxyl groups is 1. The molecule has 0 spiro atoms. The van der Waals surface area contributed by atoms with Gasteiger partial charge in [0.05, 0.1) is 24.8 Å². The van der Waals surface area contributed by atoms with Crippen LogP contribution < -0.4 is 16.0 Å². The summed E-state index contributed by atoms with van der Waals surface area (Å²) in [4.78, 5) is 27.1. The third-order valence-corrected chi connectivity index (χ3v) is 6.47. The van der Waals surface area contributed by atoms with Gasteiger partial charge in [-0.1, -0.05) is 0 Å². The fourth-order valence-electron chi connectivity index (χ4n) is 4.79. The van der Waals surface area contributed by atoms with Crippen molar-refractivity contribution in [1.82, 2.24) is 20.9 Å². The lowest BCUT2D eigenvalue weighted by atomic mass is 9.95. The Hall–Kier alpha value is -2.14. The molecule has 0 bridgehead atoms. The molecule has 3 rings (SSSR count). The summed E-state index contributed by atoms with van der Waals surface area (Å²) in [6.07, 6.45) is 1.72. The van der Waals surface area contributed by atoms with Gasteiger partial charge < -0.3 is 30.7 Å². The van der Waals surface area contributed by atoms with E-state index < -0.39 is 23.8 Å². The summed E-state index contributed by atoms with van der Waals surface area (Å²) >= 11 is 0. The number of carbonyl (C=O) groups is 2. The van der Waals surface area contributed by atoms with Gasteiger partial charge in [0.25, 0.3) is 0 Å². The highest BCUT2D eigenvalue weighted by atomic mass is 19.1. The molecule has 2 fully saturated rings. The number of aliphatic hydroxyl groups excluding tert-OH is 1. The van der Waals surface area contributed by atoms with Crippen molar-refractivity contribution < 1.29 is 28.2 Å². The summed E-state index contributed by atoms with van der Waals surface area (Å²) in [7, 11) is 1.62. The van der Waals surface area contributed by atoms with Gasteiger partial charge in [0.15, 0.2) is 0 Å². The largest absolute Gasteiger partial charge is 0.389 e. The van der Waals surface area contributed by atoms with Gasteiger partial charge in [0.2, 0.25) is 11.8 Å². The lowest BCUT2D eigenvalue weighted by Crippen LogP contribution is -2.60. The highest BCUT2D eigenvalue weighted by molar-refractivity contribution is 5.79. The quantitative estimate of drug-likeness (QED) is 0.371. The highest BCUT2D eigenvalue weighted by Gasteiger charge is 2.31. The third kappa shape index (κ3) is 7.69. The Kier molecular flexibility index (Phi) is 10.2. The number of hydrogen-bond acceptors (Lipinski definition) is 6. The van der Waals surface area contributed by atoms with Crippen molar-refractivity contribution in [3.05, 3.63) is 35.4 Å². The molecule has 1 aromatic rings. The molecule has 0 radical (unpaired) electrons. The first-order valence-electron chi connectivity index (χ1n) is 12.0. The minimum atomic E-state index is -0.968. The number of ether oxygens (including phenoxy) is 1. The van der Waals surface area contributed by atoms with Crippen LogP contribution in [0, 0.1) is 11.6 Å². The zero-order chi connectivity index (χ0) is 24.5. The molecule has 10 heteroatoms. The Balaban J connectivity index is 1.56. The van der Waals surface area contributed by atoms with Gasteiger partial charge in [-0.05, 0) is 43.4 Å². The minimum Gasteiger partial charge on any atom is -0.389 e. The summed E-state index contributed by atoms with van der Waals surface area (Å²) in [5, 5.41) is 20.2. The maximum absolute atomic E-state index is 13.7. The van der Waals surface area contributed by atoms with E-state index in [2.05, 4.69) is 16.0 Å². The van der Waals surface area contributed by atoms with Crippen LogP contribution in [0.3, 0.4) is 0 Å². The van der Waals surface area contributed by atoms with Crippen LogP contribution in [0.25, 0.3) is 0 Å². The molecular weight excluding hydrogens is 446 g/mol. The topological polar surface area (TPSA) is 103 Å². The maximum Gasteiger partial charge on any atom is 0.222 e. The van der Waals surface area contributed by atoms with Crippen molar-refractivity contribution in [3.63, 3.8) is 0 Å². The van der Waals surface area contributed by atoms with Crippen LogP contribution in [-0.4, -0.2) is 85.9 Å². The molecule has 2 heterocycles. The normalized spacial score (nSPS) is 22.4. The number of benzene rings is 1. The monoisotopic (exact) mass is 482 g/mol. The Morgan fingerprint density at radius 1 is 1.24 bits per heavy atom. The van der Waals surface area contributed by atoms with Crippen molar-refractivity contribution in [1.29, 1.82) is 0 Å². The van der Waals surface area contributed by atoms with E-state index in [-0.39, 0.29) is 43.2 Å². The third-order valence-electron chi connectivity index (χ3n) is 6.47. The van der Waals surface area contributed by atoms with Crippen LogP contribution in [0.15, 0.2) is 18.2 Å². The first-order valence-corrected chi connectivity index (χ1v) is 12.0. The fraction of sp³-hybridized carbons (Fsp3) is 0.667. The average molecular weight is 483 g/mol. The van der Waals surface area contributed by atoms with E-state index in [1.807, 2.05) is 4.90 Å². The second-order valence-corrected chi connectivity index (χ2v) is 9.10. The van der Waals surface area contributed by atoms with E-state index in [4.69, 9.17) is 4.74 Å². The van der Waals surface area contributed by atoms with Crippen molar-refractivity contribution in [2.75, 3.05) is 39.9 Å². The van der Waals surface area contributed by atoms with Crippen LogP contribution >= 0.6 is 0 Å². The van der Waals surface area contributed by atoms with Crippen LogP contribution in [0.5, 0.6) is 0 Å². The van der Waals surface area contributed by atoms with Crippen molar-refractivity contribution in [2.24, 2.45) is 0 Å². The second-order valence-electron chi connectivity index (χ2n) is 9.10. The Labute approximate surface area is 199 Å². The first-order chi connectivity index (χ1) is 16.4. The smallest absolute Gasteiger partial charge is 0.222 e. The second kappa shape index (κ2) is 13.1. The molecule has 4 atom stereocenters. The zero-order valence-electron chi connectivity index (χ0n) is 19.7. The summed E-state index contributed by atoms with van der Waals surface area (Å²) in [6, 6.07) is 2.22. The molecule has 2 aliphatic rings. The van der Waals surface area contributed by atoms with Crippen LogP contribution in [0.4, 0.5) is 8.78 Å². The predicted molar refractivity (Wildman–Crippen MR) is 123 cm³/mol. The number of rotatable bonds is 11. The first kappa shape index (κ1) is 26.5. The lowest BCUT2D eigenvalue weighted by Gasteiger charge is -2.34. The summed E-state index contributed by atoms with van der Waals surface area (Å²) in [5.74, 6) is -1.72. The van der Waals surface area contributed by atoms with E-state index in [1.165, 1.54) is 12.1 Å². The molecule has 1 aromatic carbocycles. The van der Waals surface area contributed by atoms with E-state index >= 15 is 0 Å². The van der Waals surface area contributed by atoms with Gasteiger partial charge in [-0.15, -0.1) is 0 Å². The number of likely N-dealkylation sites (tertiary alicyclic amines) is 1. The standard InChI is InChI=1S/C24H36F2N4O4/c1-34-15-19-4-3-9-30(19)23(32)6-2-5-22(31)29-20(24(33)21-14-27-7-8-28-21)12-16-10-17(25)13-18(26)11-16/h10-11,13,19-21,24,27-28,33H,2-9,12,14-15H2,1H3,(H,29,31)/t19-,20+,21-,24-/m1/s1. The van der Waals surface area contributed by atoms with E-state index in [9.17, 15) is 23.5 Å². The highest BCUT2D eigenvalue weighted by Crippen LogP contribution is 2.19. The minimum absolute atomic E-state index is 0.0108. The summed E-state index contributed by atoms with van der Waals surface area (Å²) in [6.45, 7) is 3.17. The van der Waals surface area contributed by atoms with E-state index in [0.29, 0.717) is 38.2 Å². The molecule has 0 unspecified atom stereocenters. The van der Waals surface area contributed by atoms with Crippen LogP contribution in [0.1, 0.15) is 37.7 Å². The van der Waals surface area contributed by atoms with Crippen molar-refractivity contribution >= 4 is 11.8 Å². The number of carbonyl (C=O) groups excluding carboxylic acids is 2. The van der Waals surface area contributed by atoms with Crippen molar-refractivity contribution in [3.8, 4) is 0 Å². The number of methoxy groups -OCH3 is 1. The molecule has 2 aliphatic heterocycles. The number of amides is 2. The van der Waals surface area contributed by atoms with Crippen LogP contribution in [-0.2, 0) is 20.7 Å². The molecule has 34 heavy (non-hydrogen) atoms. The zero-order valence-corrected chi connectivity index (χ0v) is 19.7. The van der Waals surface area contributed by atoms with Gasteiger partial charge in [0, 0.05) is 58.2 Å². The number of halogens is 2. The number of piperazine rings is 1. The molecule has 2 amide bonds. The van der Waals surface area contributed by atoms with Gasteiger partial charge in [-0.2, -0.15) is 0 Å².